The van der Waals surface area contributed by atoms with E-state index in [1.807, 2.05) is 18.6 Å². The third kappa shape index (κ3) is 4.50. The molecule has 2 aliphatic rings. The molecule has 0 spiro atoms. The van der Waals surface area contributed by atoms with Crippen LogP contribution in [-0.4, -0.2) is 54.9 Å². The Kier molecular flexibility index (Phi) is 5.89. The molecule has 35 heavy (non-hydrogen) atoms. The van der Waals surface area contributed by atoms with Crippen LogP contribution in [-0.2, 0) is 17.7 Å². The third-order valence-corrected chi connectivity index (χ3v) is 6.67. The number of aromatic nitrogens is 3. The first kappa shape index (κ1) is 21.8. The zero-order valence-corrected chi connectivity index (χ0v) is 19.8. The molecule has 0 amide bonds. The Bertz CT molecular complexity index is 1370. The van der Waals surface area contributed by atoms with Crippen molar-refractivity contribution >= 4 is 28.2 Å². The Morgan fingerprint density at radius 2 is 1.91 bits per heavy atom. The molecule has 8 nitrogen and oxygen atoms in total. The summed E-state index contributed by atoms with van der Waals surface area (Å²) < 4.78 is 11.1. The van der Waals surface area contributed by atoms with Crippen molar-refractivity contribution in [2.45, 2.75) is 13.0 Å². The van der Waals surface area contributed by atoms with Gasteiger partial charge in [0, 0.05) is 43.0 Å². The largest absolute Gasteiger partial charge is 0.495 e. The molecular weight excluding hydrogens is 440 g/mol. The highest BCUT2D eigenvalue weighted by Crippen LogP contribution is 2.32. The number of morpholine rings is 1. The Labute approximate surface area is 204 Å². The number of anilines is 3. The van der Waals surface area contributed by atoms with Crippen LogP contribution >= 0.6 is 0 Å². The summed E-state index contributed by atoms with van der Waals surface area (Å²) in [7, 11) is 1.70. The van der Waals surface area contributed by atoms with E-state index < -0.39 is 0 Å². The molecule has 2 N–H and O–H groups in total. The van der Waals surface area contributed by atoms with Gasteiger partial charge in [-0.2, -0.15) is 0 Å². The van der Waals surface area contributed by atoms with Crippen LogP contribution < -0.4 is 20.3 Å². The lowest BCUT2D eigenvalue weighted by Crippen LogP contribution is -2.36. The number of rotatable bonds is 5. The van der Waals surface area contributed by atoms with Crippen molar-refractivity contribution in [2.75, 3.05) is 50.2 Å². The van der Waals surface area contributed by atoms with Gasteiger partial charge in [-0.15, -0.1) is 0 Å². The molecule has 0 radical (unpaired) electrons. The molecule has 4 aromatic rings. The van der Waals surface area contributed by atoms with E-state index in [1.54, 1.807) is 7.11 Å². The number of ether oxygens (including phenoxy) is 2. The maximum Gasteiger partial charge on any atom is 0.227 e. The second kappa shape index (κ2) is 9.48. The van der Waals surface area contributed by atoms with Gasteiger partial charge in [0.2, 0.25) is 5.95 Å². The quantitative estimate of drug-likeness (QED) is 0.456. The van der Waals surface area contributed by atoms with Crippen LogP contribution in [0.25, 0.3) is 22.0 Å². The second-order valence-electron chi connectivity index (χ2n) is 8.87. The monoisotopic (exact) mass is 468 g/mol. The number of fused-ring (bicyclic) bond motifs is 2. The van der Waals surface area contributed by atoms with Crippen molar-refractivity contribution in [1.29, 1.82) is 0 Å². The van der Waals surface area contributed by atoms with Gasteiger partial charge in [0.15, 0.2) is 0 Å². The first-order chi connectivity index (χ1) is 17.3. The molecule has 4 heterocycles. The second-order valence-corrected chi connectivity index (χ2v) is 8.87. The standard InChI is InChI=1S/C27H28N6O2/c1-34-26-13-19-4-5-28-14-22(19)12-25(26)32-27-30-16-20-3-2-18(11-24(20)31-27)21-10-23(17-29-15-21)33-6-8-35-9-7-33/h2-3,10-13,15-17,28H,4-9,14H2,1H3,(H,30,31,32). The van der Waals surface area contributed by atoms with Crippen molar-refractivity contribution in [3.05, 3.63) is 66.1 Å². The van der Waals surface area contributed by atoms with Crippen molar-refractivity contribution in [1.82, 2.24) is 20.3 Å². The predicted molar refractivity (Wildman–Crippen MR) is 137 cm³/mol. The highest BCUT2D eigenvalue weighted by Gasteiger charge is 2.15. The highest BCUT2D eigenvalue weighted by molar-refractivity contribution is 5.85. The highest BCUT2D eigenvalue weighted by atomic mass is 16.5. The number of hydrogen-bond donors (Lipinski definition) is 2. The summed E-state index contributed by atoms with van der Waals surface area (Å²) in [5, 5.41) is 7.78. The Morgan fingerprint density at radius 3 is 2.80 bits per heavy atom. The molecule has 2 aromatic carbocycles. The van der Waals surface area contributed by atoms with Crippen LogP contribution in [0, 0.1) is 0 Å². The van der Waals surface area contributed by atoms with Crippen molar-refractivity contribution in [3.8, 4) is 16.9 Å². The van der Waals surface area contributed by atoms with Gasteiger partial charge in [-0.25, -0.2) is 9.97 Å². The van der Waals surface area contributed by atoms with Crippen LogP contribution in [0.2, 0.25) is 0 Å². The van der Waals surface area contributed by atoms with Gasteiger partial charge in [0.1, 0.15) is 5.75 Å². The lowest BCUT2D eigenvalue weighted by Gasteiger charge is -2.28. The van der Waals surface area contributed by atoms with E-state index in [1.165, 1.54) is 11.1 Å². The first-order valence-corrected chi connectivity index (χ1v) is 12.0. The molecule has 0 atom stereocenters. The fraction of sp³-hybridized carbons (Fsp3) is 0.296. The fourth-order valence-corrected chi connectivity index (χ4v) is 4.74. The summed E-state index contributed by atoms with van der Waals surface area (Å²) in [5.41, 5.74) is 7.58. The molecular formula is C27H28N6O2. The number of benzene rings is 2. The average Bonchev–Trinajstić information content (AvgIpc) is 2.93. The number of pyridine rings is 1. The fourth-order valence-electron chi connectivity index (χ4n) is 4.74. The van der Waals surface area contributed by atoms with Gasteiger partial charge < -0.3 is 25.0 Å². The van der Waals surface area contributed by atoms with E-state index in [4.69, 9.17) is 14.5 Å². The molecule has 2 aliphatic heterocycles. The van der Waals surface area contributed by atoms with Crippen molar-refractivity contribution in [2.24, 2.45) is 0 Å². The van der Waals surface area contributed by atoms with E-state index in [-0.39, 0.29) is 0 Å². The molecule has 8 heteroatoms. The number of nitrogens with zero attached hydrogens (tertiary/aromatic N) is 4. The third-order valence-electron chi connectivity index (χ3n) is 6.67. The summed E-state index contributed by atoms with van der Waals surface area (Å²) in [6.07, 6.45) is 6.67. The molecule has 2 aromatic heterocycles. The number of hydrogen-bond acceptors (Lipinski definition) is 8. The summed E-state index contributed by atoms with van der Waals surface area (Å²) >= 11 is 0. The number of nitrogens with one attached hydrogen (secondary N) is 2. The van der Waals surface area contributed by atoms with Gasteiger partial charge in [-0.1, -0.05) is 12.1 Å². The molecule has 1 saturated heterocycles. The van der Waals surface area contributed by atoms with Gasteiger partial charge in [0.05, 0.1) is 43.4 Å². The minimum Gasteiger partial charge on any atom is -0.495 e. The van der Waals surface area contributed by atoms with Crippen LogP contribution in [0.15, 0.2) is 55.0 Å². The van der Waals surface area contributed by atoms with E-state index in [0.717, 1.165) is 85.0 Å². The van der Waals surface area contributed by atoms with Gasteiger partial charge in [0.25, 0.3) is 0 Å². The average molecular weight is 469 g/mol. The molecule has 6 rings (SSSR count). The van der Waals surface area contributed by atoms with E-state index in [2.05, 4.69) is 61.9 Å². The van der Waals surface area contributed by atoms with E-state index >= 15 is 0 Å². The zero-order chi connectivity index (χ0) is 23.6. The molecule has 0 saturated carbocycles. The molecule has 0 bridgehead atoms. The van der Waals surface area contributed by atoms with Crippen LogP contribution in [0.5, 0.6) is 5.75 Å². The summed E-state index contributed by atoms with van der Waals surface area (Å²) in [6.45, 7) is 5.11. The summed E-state index contributed by atoms with van der Waals surface area (Å²) in [5.74, 6) is 1.34. The van der Waals surface area contributed by atoms with Crippen LogP contribution in [0.4, 0.5) is 17.3 Å². The normalized spacial score (nSPS) is 15.6. The minimum atomic E-state index is 0.539. The topological polar surface area (TPSA) is 84.4 Å². The molecule has 1 fully saturated rings. The van der Waals surface area contributed by atoms with E-state index in [0.29, 0.717) is 5.95 Å². The summed E-state index contributed by atoms with van der Waals surface area (Å²) in [4.78, 5) is 16.2. The van der Waals surface area contributed by atoms with E-state index in [9.17, 15) is 0 Å². The lowest BCUT2D eigenvalue weighted by atomic mass is 10.00. The van der Waals surface area contributed by atoms with Gasteiger partial charge >= 0.3 is 0 Å². The first-order valence-electron chi connectivity index (χ1n) is 12.0. The van der Waals surface area contributed by atoms with Crippen LogP contribution in [0.1, 0.15) is 11.1 Å². The smallest absolute Gasteiger partial charge is 0.227 e. The predicted octanol–water partition coefficient (Wildman–Crippen LogP) is 3.93. The lowest BCUT2D eigenvalue weighted by molar-refractivity contribution is 0.122. The van der Waals surface area contributed by atoms with Crippen molar-refractivity contribution < 1.29 is 9.47 Å². The molecule has 178 valence electrons. The molecule has 0 aliphatic carbocycles. The maximum absolute atomic E-state index is 5.65. The Morgan fingerprint density at radius 1 is 1.00 bits per heavy atom. The minimum absolute atomic E-state index is 0.539. The van der Waals surface area contributed by atoms with Gasteiger partial charge in [-0.05, 0) is 53.9 Å². The van der Waals surface area contributed by atoms with Gasteiger partial charge in [-0.3, -0.25) is 4.98 Å². The Balaban J connectivity index is 1.30. The SMILES string of the molecule is COc1cc2c(cc1Nc1ncc3ccc(-c4cncc(N5CCOCC5)c4)cc3n1)CNCC2. The summed E-state index contributed by atoms with van der Waals surface area (Å²) in [6, 6.07) is 12.7. The molecule has 0 unspecified atom stereocenters. The zero-order valence-electron chi connectivity index (χ0n) is 19.8. The maximum atomic E-state index is 5.65. The van der Waals surface area contributed by atoms with Crippen molar-refractivity contribution in [3.63, 3.8) is 0 Å². The Hall–Kier alpha value is -3.75. The number of methoxy groups -OCH3 is 1. The van der Waals surface area contributed by atoms with Crippen LogP contribution in [0.3, 0.4) is 0 Å².